The van der Waals surface area contributed by atoms with Gasteiger partial charge in [0.25, 0.3) is 0 Å². The van der Waals surface area contributed by atoms with E-state index in [0.29, 0.717) is 5.15 Å². The van der Waals surface area contributed by atoms with Gasteiger partial charge >= 0.3 is 0 Å². The van der Waals surface area contributed by atoms with E-state index in [2.05, 4.69) is 37.6 Å². The van der Waals surface area contributed by atoms with Crippen molar-refractivity contribution in [1.29, 1.82) is 0 Å². The van der Waals surface area contributed by atoms with E-state index in [1.807, 2.05) is 6.07 Å². The van der Waals surface area contributed by atoms with Crippen molar-refractivity contribution < 1.29 is 0 Å². The highest BCUT2D eigenvalue weighted by Gasteiger charge is 2.25. The van der Waals surface area contributed by atoms with Gasteiger partial charge in [0.15, 0.2) is 0 Å². The van der Waals surface area contributed by atoms with Crippen molar-refractivity contribution in [2.24, 2.45) is 5.92 Å². The summed E-state index contributed by atoms with van der Waals surface area (Å²) in [5.74, 6) is 2.62. The van der Waals surface area contributed by atoms with E-state index in [0.717, 1.165) is 30.6 Å². The van der Waals surface area contributed by atoms with E-state index in [9.17, 15) is 0 Å². The molecule has 1 aliphatic heterocycles. The van der Waals surface area contributed by atoms with E-state index < -0.39 is 0 Å². The van der Waals surface area contributed by atoms with Crippen LogP contribution in [0.25, 0.3) is 0 Å². The van der Waals surface area contributed by atoms with Crippen LogP contribution in [-0.2, 0) is 5.41 Å². The van der Waals surface area contributed by atoms with Gasteiger partial charge in [-0.3, -0.25) is 0 Å². The van der Waals surface area contributed by atoms with Crippen LogP contribution in [0.5, 0.6) is 0 Å². The summed E-state index contributed by atoms with van der Waals surface area (Å²) in [6, 6.07) is 1.89. The molecule has 106 valence electrons. The quantitative estimate of drug-likeness (QED) is 0.783. The van der Waals surface area contributed by atoms with E-state index in [-0.39, 0.29) is 5.41 Å². The fraction of sp³-hybridized carbons (Fsp3) is 0.733. The molecule has 1 saturated heterocycles. The standard InChI is InChI=1S/C15H24ClN3/c1-5-6-11-7-8-19(10-11)13-9-12(16)17-14(18-13)15(2,3)4/h9,11H,5-8,10H2,1-4H3. The Morgan fingerprint density at radius 1 is 1.37 bits per heavy atom. The lowest BCUT2D eigenvalue weighted by Crippen LogP contribution is -2.24. The van der Waals surface area contributed by atoms with Gasteiger partial charge in [-0.05, 0) is 18.8 Å². The number of anilines is 1. The summed E-state index contributed by atoms with van der Waals surface area (Å²) in [6.07, 6.45) is 3.83. The minimum Gasteiger partial charge on any atom is -0.356 e. The third kappa shape index (κ3) is 3.59. The molecule has 0 amide bonds. The molecular formula is C15H24ClN3. The molecule has 0 aromatic carbocycles. The smallest absolute Gasteiger partial charge is 0.137 e. The first kappa shape index (κ1) is 14.6. The molecule has 4 heteroatoms. The predicted molar refractivity (Wildman–Crippen MR) is 81.0 cm³/mol. The minimum absolute atomic E-state index is 0.0673. The van der Waals surface area contributed by atoms with Crippen LogP contribution in [0.15, 0.2) is 6.07 Å². The normalized spacial score (nSPS) is 20.1. The Morgan fingerprint density at radius 2 is 2.11 bits per heavy atom. The molecule has 1 atom stereocenters. The second-order valence-corrected chi connectivity index (χ2v) is 6.90. The number of hydrogen-bond acceptors (Lipinski definition) is 3. The van der Waals surface area contributed by atoms with Gasteiger partial charge in [0.05, 0.1) is 0 Å². The Hall–Kier alpha value is -0.830. The van der Waals surface area contributed by atoms with Gasteiger partial charge in [0.1, 0.15) is 16.8 Å². The lowest BCUT2D eigenvalue weighted by atomic mass is 9.96. The Kier molecular flexibility index (Phi) is 4.34. The summed E-state index contributed by atoms with van der Waals surface area (Å²) < 4.78 is 0. The van der Waals surface area contributed by atoms with Gasteiger partial charge in [0, 0.05) is 24.6 Å². The first-order chi connectivity index (χ1) is 8.90. The third-order valence-electron chi connectivity index (χ3n) is 3.66. The van der Waals surface area contributed by atoms with Crippen molar-refractivity contribution >= 4 is 17.4 Å². The zero-order valence-electron chi connectivity index (χ0n) is 12.4. The van der Waals surface area contributed by atoms with Crippen LogP contribution in [0, 0.1) is 5.92 Å². The number of halogens is 1. The van der Waals surface area contributed by atoms with Crippen LogP contribution in [-0.4, -0.2) is 23.1 Å². The van der Waals surface area contributed by atoms with E-state index in [1.54, 1.807) is 0 Å². The molecule has 1 aromatic rings. The summed E-state index contributed by atoms with van der Waals surface area (Å²) in [5.41, 5.74) is -0.0673. The van der Waals surface area contributed by atoms with Gasteiger partial charge in [-0.25, -0.2) is 9.97 Å². The zero-order valence-corrected chi connectivity index (χ0v) is 13.2. The predicted octanol–water partition coefficient (Wildman–Crippen LogP) is 4.05. The lowest BCUT2D eigenvalue weighted by molar-refractivity contribution is 0.528. The molecule has 0 N–H and O–H groups in total. The van der Waals surface area contributed by atoms with Crippen LogP contribution in [0.1, 0.15) is 52.8 Å². The molecule has 1 aliphatic rings. The van der Waals surface area contributed by atoms with Crippen molar-refractivity contribution in [2.45, 2.75) is 52.4 Å². The maximum atomic E-state index is 6.15. The monoisotopic (exact) mass is 281 g/mol. The summed E-state index contributed by atoms with van der Waals surface area (Å²) in [7, 11) is 0. The van der Waals surface area contributed by atoms with Gasteiger partial charge in [-0.2, -0.15) is 0 Å². The molecule has 1 aromatic heterocycles. The molecule has 0 bridgehead atoms. The SMILES string of the molecule is CCCC1CCN(c2cc(Cl)nc(C(C)(C)C)n2)C1. The van der Waals surface area contributed by atoms with Crippen LogP contribution in [0.4, 0.5) is 5.82 Å². The molecule has 2 rings (SSSR count). The summed E-state index contributed by atoms with van der Waals surface area (Å²) in [6.45, 7) is 10.8. The molecular weight excluding hydrogens is 258 g/mol. The Bertz CT molecular complexity index is 440. The topological polar surface area (TPSA) is 29.0 Å². The fourth-order valence-electron chi connectivity index (χ4n) is 2.59. The second kappa shape index (κ2) is 5.66. The highest BCUT2D eigenvalue weighted by atomic mass is 35.5. The Balaban J connectivity index is 2.19. The number of hydrogen-bond donors (Lipinski definition) is 0. The van der Waals surface area contributed by atoms with Crippen molar-refractivity contribution in [1.82, 2.24) is 9.97 Å². The first-order valence-electron chi connectivity index (χ1n) is 7.20. The van der Waals surface area contributed by atoms with Gasteiger partial charge in [-0.1, -0.05) is 45.7 Å². The van der Waals surface area contributed by atoms with Crippen LogP contribution >= 0.6 is 11.6 Å². The maximum absolute atomic E-state index is 6.15. The van der Waals surface area contributed by atoms with Gasteiger partial charge < -0.3 is 4.90 Å². The molecule has 1 unspecified atom stereocenters. The molecule has 0 radical (unpaired) electrons. The number of aromatic nitrogens is 2. The third-order valence-corrected chi connectivity index (χ3v) is 3.85. The molecule has 19 heavy (non-hydrogen) atoms. The van der Waals surface area contributed by atoms with Crippen molar-refractivity contribution in [2.75, 3.05) is 18.0 Å². The fourth-order valence-corrected chi connectivity index (χ4v) is 2.77. The largest absolute Gasteiger partial charge is 0.356 e. The molecule has 1 fully saturated rings. The minimum atomic E-state index is -0.0673. The molecule has 2 heterocycles. The maximum Gasteiger partial charge on any atom is 0.137 e. The van der Waals surface area contributed by atoms with Crippen molar-refractivity contribution in [3.63, 3.8) is 0 Å². The van der Waals surface area contributed by atoms with Crippen LogP contribution in [0.3, 0.4) is 0 Å². The molecule has 0 aliphatic carbocycles. The average Bonchev–Trinajstić information content (AvgIpc) is 2.76. The zero-order chi connectivity index (χ0) is 14.0. The summed E-state index contributed by atoms with van der Waals surface area (Å²) >= 11 is 6.15. The molecule has 3 nitrogen and oxygen atoms in total. The average molecular weight is 282 g/mol. The summed E-state index contributed by atoms with van der Waals surface area (Å²) in [4.78, 5) is 11.4. The van der Waals surface area contributed by atoms with Crippen molar-refractivity contribution in [3.05, 3.63) is 17.0 Å². The van der Waals surface area contributed by atoms with Gasteiger partial charge in [0.2, 0.25) is 0 Å². The molecule has 0 spiro atoms. The van der Waals surface area contributed by atoms with Gasteiger partial charge in [-0.15, -0.1) is 0 Å². The number of rotatable bonds is 3. The number of nitrogens with zero attached hydrogens (tertiary/aromatic N) is 3. The van der Waals surface area contributed by atoms with E-state index >= 15 is 0 Å². The first-order valence-corrected chi connectivity index (χ1v) is 7.58. The van der Waals surface area contributed by atoms with Crippen molar-refractivity contribution in [3.8, 4) is 0 Å². The van der Waals surface area contributed by atoms with Crippen LogP contribution < -0.4 is 4.90 Å². The Morgan fingerprint density at radius 3 is 2.74 bits per heavy atom. The second-order valence-electron chi connectivity index (χ2n) is 6.51. The highest BCUT2D eigenvalue weighted by Crippen LogP contribution is 2.28. The lowest BCUT2D eigenvalue weighted by Gasteiger charge is -2.22. The highest BCUT2D eigenvalue weighted by molar-refractivity contribution is 6.29. The van der Waals surface area contributed by atoms with E-state index in [4.69, 9.17) is 16.6 Å². The Labute approximate surface area is 121 Å². The molecule has 0 saturated carbocycles. The summed E-state index contributed by atoms with van der Waals surface area (Å²) in [5, 5.41) is 0.550. The van der Waals surface area contributed by atoms with E-state index in [1.165, 1.54) is 19.3 Å². The van der Waals surface area contributed by atoms with Crippen LogP contribution in [0.2, 0.25) is 5.15 Å².